The Kier molecular flexibility index (Phi) is 8.25. The number of rotatable bonds is 10. The van der Waals surface area contributed by atoms with Gasteiger partial charge in [-0.05, 0) is 41.3 Å². The molecular formula is C22H29NO6S. The van der Waals surface area contributed by atoms with Crippen molar-refractivity contribution in [1.29, 1.82) is 0 Å². The molecule has 2 aromatic rings. The molecule has 0 spiro atoms. The van der Waals surface area contributed by atoms with Gasteiger partial charge in [-0.2, -0.15) is 4.31 Å². The highest BCUT2D eigenvalue weighted by Crippen LogP contribution is 2.24. The zero-order valence-corrected chi connectivity index (χ0v) is 18.8. The summed E-state index contributed by atoms with van der Waals surface area (Å²) in [6.45, 7) is 3.60. The second kappa shape index (κ2) is 10.4. The van der Waals surface area contributed by atoms with Gasteiger partial charge in [0.1, 0.15) is 11.5 Å². The standard InChI is InChI=1S/C22H29NO6S/c1-16(2)21(22(24)29-5)30(25,26)23(14-17-6-10-19(27-3)11-7-17)15-18-8-12-20(28-4)13-9-18/h6-13,16,21H,14-15H2,1-5H3/t21-/m1/s1. The minimum atomic E-state index is -4.01. The number of carbonyl (C=O) groups is 1. The minimum absolute atomic E-state index is 0.110. The Bertz CT molecular complexity index is 874. The van der Waals surface area contributed by atoms with Crippen LogP contribution in [0.1, 0.15) is 25.0 Å². The molecule has 0 aliphatic rings. The summed E-state index contributed by atoms with van der Waals surface area (Å²) in [6, 6.07) is 14.3. The Balaban J connectivity index is 2.42. The van der Waals surface area contributed by atoms with Gasteiger partial charge in [0.25, 0.3) is 0 Å². The van der Waals surface area contributed by atoms with Gasteiger partial charge in [-0.15, -0.1) is 0 Å². The molecule has 30 heavy (non-hydrogen) atoms. The molecule has 164 valence electrons. The van der Waals surface area contributed by atoms with Crippen molar-refractivity contribution in [3.05, 3.63) is 59.7 Å². The smallest absolute Gasteiger partial charge is 0.325 e. The maximum atomic E-state index is 13.5. The second-order valence-corrected chi connectivity index (χ2v) is 9.25. The molecule has 0 bridgehead atoms. The van der Waals surface area contributed by atoms with Crippen molar-refractivity contribution in [1.82, 2.24) is 4.31 Å². The molecule has 0 fully saturated rings. The Hall–Kier alpha value is -2.58. The molecular weight excluding hydrogens is 406 g/mol. The molecule has 0 saturated carbocycles. The molecule has 0 radical (unpaired) electrons. The van der Waals surface area contributed by atoms with Crippen LogP contribution < -0.4 is 9.47 Å². The van der Waals surface area contributed by atoms with E-state index in [2.05, 4.69) is 0 Å². The van der Waals surface area contributed by atoms with E-state index in [0.29, 0.717) is 11.5 Å². The highest BCUT2D eigenvalue weighted by Gasteiger charge is 2.40. The number of hydrogen-bond donors (Lipinski definition) is 0. The summed E-state index contributed by atoms with van der Waals surface area (Å²) in [5.74, 6) is 0.145. The lowest BCUT2D eigenvalue weighted by atomic mass is 10.1. The molecule has 2 aromatic carbocycles. The van der Waals surface area contributed by atoms with Crippen molar-refractivity contribution >= 4 is 16.0 Å². The summed E-state index contributed by atoms with van der Waals surface area (Å²) in [4.78, 5) is 12.3. The van der Waals surface area contributed by atoms with Crippen molar-refractivity contribution in [3.63, 3.8) is 0 Å². The maximum Gasteiger partial charge on any atom is 0.325 e. The number of sulfonamides is 1. The van der Waals surface area contributed by atoms with Crippen LogP contribution >= 0.6 is 0 Å². The van der Waals surface area contributed by atoms with E-state index < -0.39 is 27.2 Å². The van der Waals surface area contributed by atoms with Gasteiger partial charge in [0.15, 0.2) is 5.25 Å². The first-order valence-electron chi connectivity index (χ1n) is 9.55. The van der Waals surface area contributed by atoms with E-state index in [-0.39, 0.29) is 13.1 Å². The summed E-state index contributed by atoms with van der Waals surface area (Å²) in [5.41, 5.74) is 1.56. The van der Waals surface area contributed by atoms with Crippen LogP contribution in [0, 0.1) is 5.92 Å². The molecule has 0 unspecified atom stereocenters. The summed E-state index contributed by atoms with van der Waals surface area (Å²) in [5, 5.41) is -1.29. The average molecular weight is 436 g/mol. The van der Waals surface area contributed by atoms with Crippen molar-refractivity contribution in [2.45, 2.75) is 32.2 Å². The Morgan fingerprint density at radius 2 is 1.23 bits per heavy atom. The third-order valence-corrected chi connectivity index (χ3v) is 7.11. The SMILES string of the molecule is COC(=O)[C@@H](C(C)C)S(=O)(=O)N(Cc1ccc(OC)cc1)Cc1ccc(OC)cc1. The van der Waals surface area contributed by atoms with Gasteiger partial charge in [-0.25, -0.2) is 8.42 Å². The van der Waals surface area contributed by atoms with Gasteiger partial charge in [-0.1, -0.05) is 38.1 Å². The van der Waals surface area contributed by atoms with Crippen LogP contribution in [-0.2, 0) is 32.6 Å². The number of hydrogen-bond acceptors (Lipinski definition) is 6. The molecule has 2 rings (SSSR count). The van der Waals surface area contributed by atoms with E-state index in [1.807, 2.05) is 0 Å². The van der Waals surface area contributed by atoms with Crippen LogP contribution in [0.3, 0.4) is 0 Å². The van der Waals surface area contributed by atoms with Crippen LogP contribution in [-0.4, -0.2) is 45.3 Å². The lowest BCUT2D eigenvalue weighted by Crippen LogP contribution is -2.45. The normalized spacial score (nSPS) is 12.6. The summed E-state index contributed by atoms with van der Waals surface area (Å²) >= 11 is 0. The van der Waals surface area contributed by atoms with Crippen LogP contribution in [0.25, 0.3) is 0 Å². The fraction of sp³-hybridized carbons (Fsp3) is 0.409. The molecule has 0 heterocycles. The van der Waals surface area contributed by atoms with Gasteiger partial charge in [0.2, 0.25) is 10.0 Å². The zero-order chi connectivity index (χ0) is 22.3. The molecule has 7 nitrogen and oxygen atoms in total. The van der Waals surface area contributed by atoms with Crippen LogP contribution in [0.15, 0.2) is 48.5 Å². The van der Waals surface area contributed by atoms with E-state index >= 15 is 0 Å². The number of nitrogens with zero attached hydrogens (tertiary/aromatic N) is 1. The molecule has 0 aliphatic heterocycles. The topological polar surface area (TPSA) is 82.1 Å². The molecule has 0 aliphatic carbocycles. The Labute approximate surface area is 178 Å². The number of carbonyl (C=O) groups excluding carboxylic acids is 1. The zero-order valence-electron chi connectivity index (χ0n) is 18.0. The fourth-order valence-corrected chi connectivity index (χ4v) is 5.13. The first-order chi connectivity index (χ1) is 14.2. The van der Waals surface area contributed by atoms with Crippen LogP contribution in [0.4, 0.5) is 0 Å². The highest BCUT2D eigenvalue weighted by atomic mass is 32.2. The predicted molar refractivity (Wildman–Crippen MR) is 115 cm³/mol. The van der Waals surface area contributed by atoms with Gasteiger partial charge in [-0.3, -0.25) is 4.79 Å². The highest BCUT2D eigenvalue weighted by molar-refractivity contribution is 7.90. The van der Waals surface area contributed by atoms with Crippen LogP contribution in [0.2, 0.25) is 0 Å². The lowest BCUT2D eigenvalue weighted by Gasteiger charge is -2.28. The van der Waals surface area contributed by atoms with Crippen LogP contribution in [0.5, 0.6) is 11.5 Å². The third-order valence-electron chi connectivity index (χ3n) is 4.76. The quantitative estimate of drug-likeness (QED) is 0.533. The largest absolute Gasteiger partial charge is 0.497 e. The van der Waals surface area contributed by atoms with Crippen molar-refractivity contribution < 1.29 is 27.4 Å². The van der Waals surface area contributed by atoms with Crippen molar-refractivity contribution in [2.24, 2.45) is 5.92 Å². The predicted octanol–water partition coefficient (Wildman–Crippen LogP) is 3.23. The summed E-state index contributed by atoms with van der Waals surface area (Å²) in [7, 11) is 0.331. The first-order valence-corrected chi connectivity index (χ1v) is 11.1. The monoisotopic (exact) mass is 435 g/mol. The molecule has 8 heteroatoms. The van der Waals surface area contributed by atoms with Gasteiger partial charge in [0, 0.05) is 13.1 Å². The summed E-state index contributed by atoms with van der Waals surface area (Å²) in [6.07, 6.45) is 0. The fourth-order valence-electron chi connectivity index (χ4n) is 3.12. The van der Waals surface area contributed by atoms with E-state index in [0.717, 1.165) is 11.1 Å². The van der Waals surface area contributed by atoms with E-state index in [1.54, 1.807) is 76.6 Å². The van der Waals surface area contributed by atoms with Gasteiger partial charge >= 0.3 is 5.97 Å². The Morgan fingerprint density at radius 3 is 1.53 bits per heavy atom. The maximum absolute atomic E-state index is 13.5. The van der Waals surface area contributed by atoms with E-state index in [1.165, 1.54) is 11.4 Å². The number of ether oxygens (including phenoxy) is 3. The molecule has 0 N–H and O–H groups in total. The van der Waals surface area contributed by atoms with E-state index in [4.69, 9.17) is 14.2 Å². The summed E-state index contributed by atoms with van der Waals surface area (Å²) < 4.78 is 43.5. The molecule has 1 atom stereocenters. The minimum Gasteiger partial charge on any atom is -0.497 e. The number of methoxy groups -OCH3 is 3. The molecule has 0 saturated heterocycles. The van der Waals surface area contributed by atoms with Crippen molar-refractivity contribution in [3.8, 4) is 11.5 Å². The van der Waals surface area contributed by atoms with Gasteiger partial charge in [0.05, 0.1) is 21.3 Å². The van der Waals surface area contributed by atoms with E-state index in [9.17, 15) is 13.2 Å². The average Bonchev–Trinajstić information content (AvgIpc) is 2.73. The van der Waals surface area contributed by atoms with Gasteiger partial charge < -0.3 is 14.2 Å². The second-order valence-electron chi connectivity index (χ2n) is 7.20. The molecule has 0 amide bonds. The van der Waals surface area contributed by atoms with Crippen molar-refractivity contribution in [2.75, 3.05) is 21.3 Å². The first kappa shape index (κ1) is 23.7. The number of esters is 1. The third kappa shape index (κ3) is 5.73. The Morgan fingerprint density at radius 1 is 0.833 bits per heavy atom. The number of benzene rings is 2. The molecule has 0 aromatic heterocycles. The lowest BCUT2D eigenvalue weighted by molar-refractivity contribution is -0.141.